The Morgan fingerprint density at radius 2 is 2.22 bits per heavy atom. The summed E-state index contributed by atoms with van der Waals surface area (Å²) in [5, 5.41) is 7.41. The van der Waals surface area contributed by atoms with Gasteiger partial charge in [0.15, 0.2) is 11.5 Å². The molecule has 3 aromatic heterocycles. The molecule has 3 rings (SSSR count). The third-order valence-corrected chi connectivity index (χ3v) is 2.92. The molecule has 0 amide bonds. The maximum absolute atomic E-state index is 4.38. The molecular formula is C11H11BrN6. The summed E-state index contributed by atoms with van der Waals surface area (Å²) in [6.07, 6.45) is 9.22. The van der Waals surface area contributed by atoms with Crippen LogP contribution in [0.1, 0.15) is 0 Å². The minimum absolute atomic E-state index is 0.744. The predicted octanol–water partition coefficient (Wildman–Crippen LogP) is 1.80. The number of nitrogens with one attached hydrogen (secondary N) is 1. The lowest BCUT2D eigenvalue weighted by Crippen LogP contribution is -2.12. The molecule has 0 aliphatic carbocycles. The molecule has 0 aromatic carbocycles. The number of halogens is 1. The van der Waals surface area contributed by atoms with E-state index in [0.717, 1.165) is 29.2 Å². The number of anilines is 1. The fourth-order valence-electron chi connectivity index (χ4n) is 1.74. The van der Waals surface area contributed by atoms with E-state index in [1.54, 1.807) is 12.4 Å². The van der Waals surface area contributed by atoms with Crippen LogP contribution in [0.25, 0.3) is 5.65 Å². The van der Waals surface area contributed by atoms with Crippen LogP contribution in [-0.2, 0) is 6.54 Å². The average Bonchev–Trinajstić information content (AvgIpc) is 2.98. The van der Waals surface area contributed by atoms with Crippen molar-refractivity contribution >= 4 is 27.4 Å². The number of aromatic nitrogens is 5. The molecule has 7 heteroatoms. The smallest absolute Gasteiger partial charge is 0.180 e. The van der Waals surface area contributed by atoms with Crippen LogP contribution in [0.3, 0.4) is 0 Å². The summed E-state index contributed by atoms with van der Waals surface area (Å²) in [5.74, 6) is 0.765. The molecule has 0 unspecified atom stereocenters. The average molecular weight is 307 g/mol. The Morgan fingerprint density at radius 3 is 3.06 bits per heavy atom. The Hall–Kier alpha value is -1.89. The van der Waals surface area contributed by atoms with Crippen LogP contribution in [0.15, 0.2) is 41.7 Å². The van der Waals surface area contributed by atoms with Gasteiger partial charge in [0.1, 0.15) is 4.60 Å². The SMILES string of the molecule is Brc1cn2ccnc2c(NCCn2cccn2)n1. The van der Waals surface area contributed by atoms with E-state index in [-0.39, 0.29) is 0 Å². The molecule has 92 valence electrons. The van der Waals surface area contributed by atoms with E-state index in [1.807, 2.05) is 33.7 Å². The molecule has 3 heterocycles. The standard InChI is InChI=1S/C11H11BrN6/c12-9-8-17-6-3-14-11(17)10(16-9)13-4-7-18-5-1-2-15-18/h1-3,5-6,8H,4,7H2,(H,13,16). The van der Waals surface area contributed by atoms with Crippen LogP contribution in [-0.4, -0.2) is 30.7 Å². The summed E-state index contributed by atoms with van der Waals surface area (Å²) < 4.78 is 4.57. The van der Waals surface area contributed by atoms with Crippen molar-refractivity contribution < 1.29 is 0 Å². The molecule has 18 heavy (non-hydrogen) atoms. The molecule has 6 nitrogen and oxygen atoms in total. The summed E-state index contributed by atoms with van der Waals surface area (Å²) in [5.41, 5.74) is 0.818. The molecule has 0 bridgehead atoms. The Morgan fingerprint density at radius 1 is 1.28 bits per heavy atom. The zero-order chi connectivity index (χ0) is 12.4. The maximum atomic E-state index is 4.38. The highest BCUT2D eigenvalue weighted by Gasteiger charge is 2.05. The summed E-state index contributed by atoms with van der Waals surface area (Å²) >= 11 is 3.38. The van der Waals surface area contributed by atoms with Crippen molar-refractivity contribution in [2.24, 2.45) is 0 Å². The van der Waals surface area contributed by atoms with E-state index in [9.17, 15) is 0 Å². The van der Waals surface area contributed by atoms with Crippen LogP contribution in [0.4, 0.5) is 5.82 Å². The Kier molecular flexibility index (Phi) is 2.97. The molecule has 1 N–H and O–H groups in total. The molecule has 0 atom stereocenters. The van der Waals surface area contributed by atoms with Crippen molar-refractivity contribution in [3.63, 3.8) is 0 Å². The molecule has 0 saturated heterocycles. The Balaban J connectivity index is 1.75. The van der Waals surface area contributed by atoms with Crippen molar-refractivity contribution in [2.45, 2.75) is 6.54 Å². The van der Waals surface area contributed by atoms with Gasteiger partial charge < -0.3 is 9.72 Å². The van der Waals surface area contributed by atoms with Crippen molar-refractivity contribution in [2.75, 3.05) is 11.9 Å². The van der Waals surface area contributed by atoms with E-state index in [0.29, 0.717) is 0 Å². The van der Waals surface area contributed by atoms with E-state index in [2.05, 4.69) is 36.3 Å². The molecular weight excluding hydrogens is 296 g/mol. The van der Waals surface area contributed by atoms with Crippen LogP contribution < -0.4 is 5.32 Å². The molecule has 3 aromatic rings. The number of hydrogen-bond acceptors (Lipinski definition) is 4. The Bertz CT molecular complexity index is 645. The first kappa shape index (κ1) is 11.2. The highest BCUT2D eigenvalue weighted by Crippen LogP contribution is 2.16. The first-order valence-corrected chi connectivity index (χ1v) is 6.33. The zero-order valence-electron chi connectivity index (χ0n) is 9.49. The van der Waals surface area contributed by atoms with Gasteiger partial charge in [-0.3, -0.25) is 4.68 Å². The van der Waals surface area contributed by atoms with Gasteiger partial charge in [-0.2, -0.15) is 5.10 Å². The summed E-state index contributed by atoms with van der Waals surface area (Å²) in [4.78, 5) is 8.66. The number of imidazole rings is 1. The van der Waals surface area contributed by atoms with Crippen molar-refractivity contribution in [3.8, 4) is 0 Å². The molecule has 0 aliphatic rings. The van der Waals surface area contributed by atoms with Gasteiger partial charge >= 0.3 is 0 Å². The monoisotopic (exact) mass is 306 g/mol. The van der Waals surface area contributed by atoms with Gasteiger partial charge in [-0.25, -0.2) is 9.97 Å². The number of rotatable bonds is 4. The second kappa shape index (κ2) is 4.77. The lowest BCUT2D eigenvalue weighted by atomic mass is 10.5. The van der Waals surface area contributed by atoms with Gasteiger partial charge in [-0.15, -0.1) is 0 Å². The zero-order valence-corrected chi connectivity index (χ0v) is 11.1. The first-order valence-electron chi connectivity index (χ1n) is 5.53. The van der Waals surface area contributed by atoms with Gasteiger partial charge in [0.25, 0.3) is 0 Å². The summed E-state index contributed by atoms with van der Waals surface area (Å²) in [7, 11) is 0. The van der Waals surface area contributed by atoms with E-state index < -0.39 is 0 Å². The lowest BCUT2D eigenvalue weighted by Gasteiger charge is -2.07. The predicted molar refractivity (Wildman–Crippen MR) is 71.4 cm³/mol. The fraction of sp³-hybridized carbons (Fsp3) is 0.182. The topological polar surface area (TPSA) is 60.0 Å². The van der Waals surface area contributed by atoms with Gasteiger partial charge in [0.2, 0.25) is 0 Å². The second-order valence-electron chi connectivity index (χ2n) is 3.77. The van der Waals surface area contributed by atoms with E-state index in [4.69, 9.17) is 0 Å². The molecule has 0 saturated carbocycles. The quantitative estimate of drug-likeness (QED) is 0.798. The van der Waals surface area contributed by atoms with Crippen LogP contribution in [0, 0.1) is 0 Å². The fourth-order valence-corrected chi connectivity index (χ4v) is 2.14. The minimum atomic E-state index is 0.744. The third-order valence-electron chi connectivity index (χ3n) is 2.54. The van der Waals surface area contributed by atoms with Crippen LogP contribution in [0.5, 0.6) is 0 Å². The van der Waals surface area contributed by atoms with Crippen LogP contribution in [0.2, 0.25) is 0 Å². The van der Waals surface area contributed by atoms with E-state index in [1.165, 1.54) is 0 Å². The summed E-state index contributed by atoms with van der Waals surface area (Å²) in [6.45, 7) is 1.53. The van der Waals surface area contributed by atoms with Crippen molar-refractivity contribution in [1.82, 2.24) is 24.1 Å². The van der Waals surface area contributed by atoms with Gasteiger partial charge in [0.05, 0.1) is 6.54 Å². The highest BCUT2D eigenvalue weighted by molar-refractivity contribution is 9.10. The van der Waals surface area contributed by atoms with Gasteiger partial charge in [0, 0.05) is 37.5 Å². The molecule has 0 radical (unpaired) electrons. The summed E-state index contributed by atoms with van der Waals surface area (Å²) in [6, 6.07) is 1.91. The number of nitrogens with zero attached hydrogens (tertiary/aromatic N) is 5. The lowest BCUT2D eigenvalue weighted by molar-refractivity contribution is 0.637. The van der Waals surface area contributed by atoms with Gasteiger partial charge in [-0.05, 0) is 22.0 Å². The first-order chi connectivity index (χ1) is 8.83. The Labute approximate surface area is 112 Å². The van der Waals surface area contributed by atoms with Crippen molar-refractivity contribution in [3.05, 3.63) is 41.7 Å². The molecule has 0 spiro atoms. The molecule has 0 fully saturated rings. The third kappa shape index (κ3) is 2.21. The number of hydrogen-bond donors (Lipinski definition) is 1. The van der Waals surface area contributed by atoms with Crippen molar-refractivity contribution in [1.29, 1.82) is 0 Å². The maximum Gasteiger partial charge on any atom is 0.180 e. The van der Waals surface area contributed by atoms with Gasteiger partial charge in [-0.1, -0.05) is 0 Å². The normalized spacial score (nSPS) is 10.9. The largest absolute Gasteiger partial charge is 0.365 e. The van der Waals surface area contributed by atoms with E-state index >= 15 is 0 Å². The number of fused-ring (bicyclic) bond motifs is 1. The second-order valence-corrected chi connectivity index (χ2v) is 4.58. The molecule has 0 aliphatic heterocycles. The van der Waals surface area contributed by atoms with Crippen LogP contribution >= 0.6 is 15.9 Å². The highest BCUT2D eigenvalue weighted by atomic mass is 79.9. The minimum Gasteiger partial charge on any atom is -0.365 e.